The number of nitrogens with zero attached hydrogens (tertiary/aromatic N) is 2. The maximum atomic E-state index is 5.03. The van der Waals surface area contributed by atoms with Crippen LogP contribution < -0.4 is 0 Å². The Hall–Kier alpha value is -1.08. The summed E-state index contributed by atoms with van der Waals surface area (Å²) >= 11 is 0. The van der Waals surface area contributed by atoms with Crippen molar-refractivity contribution in [2.75, 3.05) is 13.1 Å². The van der Waals surface area contributed by atoms with Gasteiger partial charge in [-0.25, -0.2) is 0 Å². The van der Waals surface area contributed by atoms with Crippen molar-refractivity contribution < 1.29 is 26.2 Å². The van der Waals surface area contributed by atoms with Gasteiger partial charge in [-0.05, 0) is 23.7 Å². The third kappa shape index (κ3) is 8.70. The first kappa shape index (κ1) is 33.1. The van der Waals surface area contributed by atoms with Gasteiger partial charge in [0.1, 0.15) is 0 Å². The molecule has 0 heterocycles. The normalized spacial score (nSPS) is 10.6. The van der Waals surface area contributed by atoms with E-state index in [1.165, 1.54) is 33.6 Å². The molecule has 176 valence electrons. The molecule has 0 amide bonds. The van der Waals surface area contributed by atoms with Crippen LogP contribution in [0.1, 0.15) is 108 Å². The Labute approximate surface area is 219 Å². The molecule has 3 heteroatoms. The Balaban J connectivity index is 0. The molecule has 32 heavy (non-hydrogen) atoms. The minimum absolute atomic E-state index is 0. The van der Waals surface area contributed by atoms with Gasteiger partial charge >= 0.3 is 26.2 Å². The first-order valence-corrected chi connectivity index (χ1v) is 11.3. The third-order valence-electron chi connectivity index (χ3n) is 5.54. The van der Waals surface area contributed by atoms with Gasteiger partial charge in [-0.2, -0.15) is 0 Å². The maximum Gasteiger partial charge on any atom is 4.00 e. The molecule has 0 saturated carbocycles. The van der Waals surface area contributed by atoms with Crippen molar-refractivity contribution in [1.29, 1.82) is 0 Å². The van der Waals surface area contributed by atoms with E-state index in [0.717, 1.165) is 19.5 Å². The predicted octanol–water partition coefficient (Wildman–Crippen LogP) is 10.2. The van der Waals surface area contributed by atoms with Crippen molar-refractivity contribution in [3.63, 3.8) is 0 Å². The minimum atomic E-state index is 0. The zero-order valence-corrected chi connectivity index (χ0v) is 24.7. The molecule has 0 aromatic heterocycles. The molecule has 0 saturated heterocycles. The van der Waals surface area contributed by atoms with Crippen LogP contribution in [-0.4, -0.2) is 13.1 Å². The van der Waals surface area contributed by atoms with Gasteiger partial charge in [-0.1, -0.05) is 120 Å². The van der Waals surface area contributed by atoms with Gasteiger partial charge in [0.25, 0.3) is 0 Å². The van der Waals surface area contributed by atoms with Gasteiger partial charge in [-0.15, -0.1) is 24.5 Å². The summed E-state index contributed by atoms with van der Waals surface area (Å²) in [4.78, 5) is 0. The average Bonchev–Trinajstić information content (AvgIpc) is 2.66. The molecule has 0 fully saturated rings. The quantitative estimate of drug-likeness (QED) is 0.223. The number of para-hydroxylation sites is 2. The van der Waals surface area contributed by atoms with Crippen LogP contribution in [0, 0.1) is 14.9 Å². The van der Waals surface area contributed by atoms with Gasteiger partial charge in [0.2, 0.25) is 0 Å². The summed E-state index contributed by atoms with van der Waals surface area (Å²) in [7, 11) is 0. The maximum absolute atomic E-state index is 5.03. The molecule has 2 rings (SSSR count). The molecule has 0 aliphatic heterocycles. The van der Waals surface area contributed by atoms with Crippen molar-refractivity contribution in [3.05, 3.63) is 84.1 Å². The fraction of sp³-hybridized carbons (Fsp3) is 0.517. The fourth-order valence-corrected chi connectivity index (χ4v) is 3.84. The van der Waals surface area contributed by atoms with Gasteiger partial charge in [0, 0.05) is 0 Å². The van der Waals surface area contributed by atoms with E-state index in [2.05, 4.69) is 91.8 Å². The van der Waals surface area contributed by atoms with Crippen molar-refractivity contribution >= 4 is 11.4 Å². The molecular weight excluding hydrogens is 468 g/mol. The van der Waals surface area contributed by atoms with E-state index in [9.17, 15) is 0 Å². The topological polar surface area (TPSA) is 28.2 Å². The molecule has 2 nitrogen and oxygen atoms in total. The molecule has 2 aromatic rings. The molecule has 0 aliphatic carbocycles. The number of hydrogen-bond acceptors (Lipinski definition) is 0. The number of benzene rings is 2. The monoisotopic (exact) mass is 512 g/mol. The molecule has 0 bridgehead atoms. The summed E-state index contributed by atoms with van der Waals surface area (Å²) in [5.41, 5.74) is 7.87. The molecule has 0 atom stereocenters. The van der Waals surface area contributed by atoms with Crippen molar-refractivity contribution in [1.82, 2.24) is 0 Å². The van der Waals surface area contributed by atoms with E-state index >= 15 is 0 Å². The van der Waals surface area contributed by atoms with Gasteiger partial charge < -0.3 is 25.5 Å². The number of hydrogen-bond donors (Lipinski definition) is 0. The van der Waals surface area contributed by atoms with E-state index in [4.69, 9.17) is 10.6 Å². The molecule has 0 radical (unpaired) electrons. The zero-order chi connectivity index (χ0) is 21.6. The molecular formula is C29H46N2Zr. The smallest absolute Gasteiger partial charge is 0.684 e. The summed E-state index contributed by atoms with van der Waals surface area (Å²) in [5, 5.41) is 10.1. The third-order valence-corrected chi connectivity index (χ3v) is 5.54. The van der Waals surface area contributed by atoms with Crippen LogP contribution in [0.3, 0.4) is 0 Å². The SMILES string of the molecule is CC(C)c1cccc(C(C)C)c1[N-]CCC[N-]c1c(C(C)C)cccc1C(C)C.[CH3-].[CH3-].[Zr+4]. The number of rotatable bonds is 10. The van der Waals surface area contributed by atoms with E-state index in [0.29, 0.717) is 23.7 Å². The zero-order valence-electron chi connectivity index (χ0n) is 22.3. The van der Waals surface area contributed by atoms with Crippen LogP contribution >= 0.6 is 0 Å². The van der Waals surface area contributed by atoms with Gasteiger partial charge in [0.15, 0.2) is 0 Å². The fourth-order valence-electron chi connectivity index (χ4n) is 3.84. The predicted molar refractivity (Wildman–Crippen MR) is 142 cm³/mol. The van der Waals surface area contributed by atoms with E-state index in [1.807, 2.05) is 0 Å². The standard InChI is InChI=1S/C27H40N2.2CH3.Zr/c1-18(2)22-12-9-13-23(19(3)4)26(22)28-16-11-17-29-27-24(20(5)6)14-10-15-25(27)21(7)8;;;/h9-10,12-15,18-21H,11,16-17H2,1-8H3;2*1H3;/q-2;2*-1;+4. The van der Waals surface area contributed by atoms with Crippen molar-refractivity contribution in [2.45, 2.75) is 85.5 Å². The molecule has 0 N–H and O–H groups in total. The van der Waals surface area contributed by atoms with Crippen LogP contribution in [0.25, 0.3) is 10.6 Å². The Morgan fingerprint density at radius 2 is 0.781 bits per heavy atom. The van der Waals surface area contributed by atoms with Crippen molar-refractivity contribution in [3.8, 4) is 0 Å². The van der Waals surface area contributed by atoms with Crippen molar-refractivity contribution in [2.24, 2.45) is 0 Å². The Morgan fingerprint density at radius 3 is 1.00 bits per heavy atom. The largest absolute Gasteiger partial charge is 4.00 e. The second-order valence-electron chi connectivity index (χ2n) is 9.31. The Morgan fingerprint density at radius 1 is 0.531 bits per heavy atom. The summed E-state index contributed by atoms with van der Waals surface area (Å²) in [6.07, 6.45) is 0.980. The summed E-state index contributed by atoms with van der Waals surface area (Å²) in [5.74, 6) is 1.96. The summed E-state index contributed by atoms with van der Waals surface area (Å²) in [6, 6.07) is 13.3. The van der Waals surface area contributed by atoms with Crippen LogP contribution in [-0.2, 0) is 26.2 Å². The van der Waals surface area contributed by atoms with Gasteiger partial charge in [-0.3, -0.25) is 0 Å². The summed E-state index contributed by atoms with van der Waals surface area (Å²) < 4.78 is 0. The average molecular weight is 514 g/mol. The Bertz CT molecular complexity index is 661. The molecule has 0 aliphatic rings. The van der Waals surface area contributed by atoms with Crippen LogP contribution in [0.4, 0.5) is 11.4 Å². The van der Waals surface area contributed by atoms with Crippen LogP contribution in [0.5, 0.6) is 0 Å². The minimum Gasteiger partial charge on any atom is -0.684 e. The van der Waals surface area contributed by atoms with E-state index < -0.39 is 0 Å². The molecule has 0 unspecified atom stereocenters. The first-order chi connectivity index (χ1) is 13.7. The van der Waals surface area contributed by atoms with E-state index in [1.54, 1.807) is 0 Å². The van der Waals surface area contributed by atoms with Gasteiger partial charge in [0.05, 0.1) is 0 Å². The second-order valence-corrected chi connectivity index (χ2v) is 9.31. The molecule has 0 spiro atoms. The first-order valence-electron chi connectivity index (χ1n) is 11.3. The Kier molecular flexibility index (Phi) is 16.2. The van der Waals surface area contributed by atoms with Crippen LogP contribution in [0.2, 0.25) is 0 Å². The van der Waals surface area contributed by atoms with Crippen LogP contribution in [0.15, 0.2) is 36.4 Å². The molecule has 2 aromatic carbocycles. The second kappa shape index (κ2) is 15.7. The summed E-state index contributed by atoms with van der Waals surface area (Å²) in [6.45, 7) is 19.7. The van der Waals surface area contributed by atoms with E-state index in [-0.39, 0.29) is 41.1 Å².